The zero-order valence-electron chi connectivity index (χ0n) is 11.5. The molecule has 1 unspecified atom stereocenters. The van der Waals surface area contributed by atoms with Crippen molar-refractivity contribution in [2.24, 2.45) is 0 Å². The van der Waals surface area contributed by atoms with Crippen LogP contribution in [0.25, 0.3) is 11.2 Å². The van der Waals surface area contributed by atoms with Crippen LogP contribution in [0.4, 0.5) is 0 Å². The van der Waals surface area contributed by atoms with Gasteiger partial charge in [0, 0.05) is 5.69 Å². The number of pyridine rings is 1. The maximum atomic E-state index is 6.21. The van der Waals surface area contributed by atoms with Gasteiger partial charge in [-0.15, -0.1) is 11.6 Å². The first-order valence-corrected chi connectivity index (χ1v) is 6.75. The highest BCUT2D eigenvalue weighted by Crippen LogP contribution is 2.24. The van der Waals surface area contributed by atoms with Crippen molar-refractivity contribution in [3.8, 4) is 0 Å². The highest BCUT2D eigenvalue weighted by Gasteiger charge is 2.18. The third-order valence-corrected chi connectivity index (χ3v) is 3.17. The number of halogens is 1. The molecular formula is C13H14ClN5O. The van der Waals surface area contributed by atoms with Crippen molar-refractivity contribution in [2.75, 3.05) is 0 Å². The molecule has 0 N–H and O–H groups in total. The van der Waals surface area contributed by atoms with Crippen LogP contribution in [0.1, 0.15) is 35.5 Å². The first-order chi connectivity index (χ1) is 9.54. The van der Waals surface area contributed by atoms with Crippen LogP contribution < -0.4 is 0 Å². The quantitative estimate of drug-likeness (QED) is 0.694. The molecular weight excluding hydrogens is 278 g/mol. The van der Waals surface area contributed by atoms with Crippen LogP contribution in [-0.2, 0) is 6.54 Å². The molecule has 20 heavy (non-hydrogen) atoms. The molecule has 0 spiro atoms. The summed E-state index contributed by atoms with van der Waals surface area (Å²) in [6.45, 7) is 6.02. The molecule has 0 fully saturated rings. The van der Waals surface area contributed by atoms with Crippen LogP contribution in [0.5, 0.6) is 0 Å². The van der Waals surface area contributed by atoms with Gasteiger partial charge in [-0.2, -0.15) is 4.98 Å². The zero-order valence-corrected chi connectivity index (χ0v) is 12.2. The minimum absolute atomic E-state index is 0.228. The number of rotatable bonds is 3. The lowest BCUT2D eigenvalue weighted by Crippen LogP contribution is -2.07. The van der Waals surface area contributed by atoms with Gasteiger partial charge in [0.05, 0.1) is 5.38 Å². The number of aryl methyl sites for hydroxylation is 2. The Labute approximate surface area is 120 Å². The molecule has 6 nitrogen and oxygen atoms in total. The summed E-state index contributed by atoms with van der Waals surface area (Å²) in [5.41, 5.74) is 2.52. The zero-order chi connectivity index (χ0) is 14.3. The fourth-order valence-corrected chi connectivity index (χ4v) is 2.28. The summed E-state index contributed by atoms with van der Waals surface area (Å²) in [5.74, 6) is 1.87. The average molecular weight is 292 g/mol. The van der Waals surface area contributed by atoms with Crippen molar-refractivity contribution in [1.82, 2.24) is 24.7 Å². The second-order valence-corrected chi connectivity index (χ2v) is 5.36. The van der Waals surface area contributed by atoms with E-state index in [0.29, 0.717) is 18.3 Å². The van der Waals surface area contributed by atoms with Crippen LogP contribution in [0.2, 0.25) is 0 Å². The predicted molar refractivity (Wildman–Crippen MR) is 74.7 cm³/mol. The van der Waals surface area contributed by atoms with Crippen molar-refractivity contribution in [2.45, 2.75) is 32.7 Å². The van der Waals surface area contributed by atoms with Crippen LogP contribution in [0, 0.1) is 13.8 Å². The van der Waals surface area contributed by atoms with Gasteiger partial charge in [0.25, 0.3) is 0 Å². The van der Waals surface area contributed by atoms with Crippen molar-refractivity contribution < 1.29 is 4.52 Å². The van der Waals surface area contributed by atoms with E-state index in [1.807, 2.05) is 30.5 Å². The van der Waals surface area contributed by atoms with Crippen LogP contribution in [-0.4, -0.2) is 24.7 Å². The van der Waals surface area contributed by atoms with E-state index in [1.165, 1.54) is 0 Å². The molecule has 104 valence electrons. The van der Waals surface area contributed by atoms with Gasteiger partial charge in [-0.25, -0.2) is 9.97 Å². The van der Waals surface area contributed by atoms with E-state index < -0.39 is 0 Å². The van der Waals surface area contributed by atoms with Crippen molar-refractivity contribution in [3.05, 3.63) is 35.4 Å². The van der Waals surface area contributed by atoms with Gasteiger partial charge in [-0.05, 0) is 32.9 Å². The Hall–Kier alpha value is -1.95. The summed E-state index contributed by atoms with van der Waals surface area (Å²) in [7, 11) is 0. The standard InChI is InChI=1S/C13H14ClN5O/c1-7-4-5-10-13(15-7)19(12(17-10)8(2)14)6-11-16-9(3)18-20-11/h4-5,8H,6H2,1-3H3. The lowest BCUT2D eigenvalue weighted by atomic mass is 10.3. The van der Waals surface area contributed by atoms with Crippen LogP contribution in [0.15, 0.2) is 16.7 Å². The first kappa shape index (κ1) is 13.1. The molecule has 0 aliphatic carbocycles. The SMILES string of the molecule is Cc1ccc2nc(C(C)Cl)n(Cc3nc(C)no3)c2n1. The first-order valence-electron chi connectivity index (χ1n) is 6.31. The Bertz CT molecular complexity index is 761. The van der Waals surface area contributed by atoms with E-state index in [0.717, 1.165) is 22.7 Å². The third-order valence-electron chi connectivity index (χ3n) is 2.98. The number of fused-ring (bicyclic) bond motifs is 1. The molecule has 3 heterocycles. The maximum absolute atomic E-state index is 6.21. The van der Waals surface area contributed by atoms with Gasteiger partial charge < -0.3 is 9.09 Å². The predicted octanol–water partition coefficient (Wildman–Crippen LogP) is 2.78. The second-order valence-electron chi connectivity index (χ2n) is 4.70. The number of hydrogen-bond acceptors (Lipinski definition) is 5. The largest absolute Gasteiger partial charge is 0.337 e. The molecule has 0 saturated carbocycles. The Morgan fingerprint density at radius 3 is 2.70 bits per heavy atom. The van der Waals surface area contributed by atoms with Gasteiger partial charge >= 0.3 is 0 Å². The average Bonchev–Trinajstić information content (AvgIpc) is 2.95. The highest BCUT2D eigenvalue weighted by atomic mass is 35.5. The Kier molecular flexibility index (Phi) is 3.17. The Morgan fingerprint density at radius 1 is 1.25 bits per heavy atom. The van der Waals surface area contributed by atoms with Crippen LogP contribution >= 0.6 is 11.6 Å². The number of aromatic nitrogens is 5. The van der Waals surface area contributed by atoms with Gasteiger partial charge in [0.15, 0.2) is 11.5 Å². The van der Waals surface area contributed by atoms with Gasteiger partial charge in [-0.1, -0.05) is 5.16 Å². The fraction of sp³-hybridized carbons (Fsp3) is 0.385. The summed E-state index contributed by atoms with van der Waals surface area (Å²) in [6, 6.07) is 3.87. The molecule has 0 amide bonds. The third kappa shape index (κ3) is 2.27. The number of imidazole rings is 1. The minimum Gasteiger partial charge on any atom is -0.337 e. The van der Waals surface area contributed by atoms with Crippen molar-refractivity contribution >= 4 is 22.8 Å². The monoisotopic (exact) mass is 291 g/mol. The summed E-state index contributed by atoms with van der Waals surface area (Å²) in [4.78, 5) is 13.3. The minimum atomic E-state index is -0.228. The van der Waals surface area contributed by atoms with E-state index in [9.17, 15) is 0 Å². The summed E-state index contributed by atoms with van der Waals surface area (Å²) in [6.07, 6.45) is 0. The van der Waals surface area contributed by atoms with Crippen LogP contribution in [0.3, 0.4) is 0 Å². The smallest absolute Gasteiger partial charge is 0.246 e. The molecule has 0 aromatic carbocycles. The van der Waals surface area contributed by atoms with Gasteiger partial charge in [0.1, 0.15) is 17.9 Å². The van der Waals surface area contributed by atoms with Crippen molar-refractivity contribution in [3.63, 3.8) is 0 Å². The normalized spacial score (nSPS) is 13.0. The maximum Gasteiger partial charge on any atom is 0.246 e. The molecule has 1 atom stereocenters. The molecule has 0 aliphatic heterocycles. The summed E-state index contributed by atoms with van der Waals surface area (Å²) >= 11 is 6.21. The summed E-state index contributed by atoms with van der Waals surface area (Å²) in [5, 5.41) is 3.57. The molecule has 0 saturated heterocycles. The number of nitrogens with zero attached hydrogens (tertiary/aromatic N) is 5. The van der Waals surface area contributed by atoms with Gasteiger partial charge in [-0.3, -0.25) is 0 Å². The topological polar surface area (TPSA) is 69.6 Å². The molecule has 7 heteroatoms. The number of alkyl halides is 1. The van der Waals surface area contributed by atoms with E-state index in [-0.39, 0.29) is 5.38 Å². The van der Waals surface area contributed by atoms with E-state index in [4.69, 9.17) is 16.1 Å². The molecule has 0 radical (unpaired) electrons. The fourth-order valence-electron chi connectivity index (χ4n) is 2.11. The Balaban J connectivity index is 2.15. The molecule has 0 bridgehead atoms. The summed E-state index contributed by atoms with van der Waals surface area (Å²) < 4.78 is 7.09. The molecule has 3 rings (SSSR count). The molecule has 0 aliphatic rings. The number of hydrogen-bond donors (Lipinski definition) is 0. The lowest BCUT2D eigenvalue weighted by Gasteiger charge is -2.07. The van der Waals surface area contributed by atoms with E-state index >= 15 is 0 Å². The van der Waals surface area contributed by atoms with Gasteiger partial charge in [0.2, 0.25) is 5.89 Å². The lowest BCUT2D eigenvalue weighted by molar-refractivity contribution is 0.367. The highest BCUT2D eigenvalue weighted by molar-refractivity contribution is 6.20. The van der Waals surface area contributed by atoms with Crippen molar-refractivity contribution in [1.29, 1.82) is 0 Å². The second kappa shape index (κ2) is 4.86. The Morgan fingerprint density at radius 2 is 2.05 bits per heavy atom. The van der Waals surface area contributed by atoms with E-state index in [1.54, 1.807) is 6.92 Å². The molecule has 3 aromatic rings. The molecule has 3 aromatic heterocycles. The van der Waals surface area contributed by atoms with E-state index in [2.05, 4.69) is 20.1 Å².